The summed E-state index contributed by atoms with van der Waals surface area (Å²) in [6, 6.07) is 7.44. The maximum absolute atomic E-state index is 17.4. The number of allylic oxidation sites excluding steroid dienone is 4. The van der Waals surface area contributed by atoms with Crippen molar-refractivity contribution in [2.24, 2.45) is 23.2 Å². The molecule has 3 aromatic rings. The van der Waals surface area contributed by atoms with Crippen molar-refractivity contribution in [3.8, 4) is 0 Å². The number of epoxide rings is 1. The van der Waals surface area contributed by atoms with E-state index in [0.717, 1.165) is 62.6 Å². The van der Waals surface area contributed by atoms with E-state index in [1.165, 1.54) is 6.08 Å². The van der Waals surface area contributed by atoms with Gasteiger partial charge in [0.15, 0.2) is 34.0 Å². The maximum Gasteiger partial charge on any atom is 0.255 e. The minimum Gasteiger partial charge on any atom is -0.390 e. The van der Waals surface area contributed by atoms with Gasteiger partial charge in [-0.25, -0.2) is 14.4 Å². The molecule has 320 valence electrons. The number of aliphatic hydroxyl groups is 1. The Morgan fingerprint density at radius 1 is 0.983 bits per heavy atom. The maximum atomic E-state index is 17.4. The molecule has 4 fully saturated rings. The topological polar surface area (TPSA) is 215 Å². The zero-order valence-electron chi connectivity index (χ0n) is 34.9. The summed E-state index contributed by atoms with van der Waals surface area (Å²) in [7, 11) is 1.93. The molecule has 14 nitrogen and oxygen atoms in total. The van der Waals surface area contributed by atoms with Gasteiger partial charge in [-0.3, -0.25) is 14.4 Å². The molecule has 2 amide bonds. The van der Waals surface area contributed by atoms with Gasteiger partial charge >= 0.3 is 0 Å². The van der Waals surface area contributed by atoms with Gasteiger partial charge < -0.3 is 36.8 Å². The molecule has 15 heteroatoms. The zero-order valence-corrected chi connectivity index (χ0v) is 34.9. The van der Waals surface area contributed by atoms with Crippen molar-refractivity contribution in [1.29, 1.82) is 0 Å². The number of carbonyl (C=O) groups is 3. The van der Waals surface area contributed by atoms with E-state index >= 15 is 4.39 Å². The normalized spacial score (nSPS) is 31.1. The number of carbonyl (C=O) groups excluding carboxylic acids is 3. The van der Waals surface area contributed by atoms with E-state index in [1.54, 1.807) is 18.3 Å². The summed E-state index contributed by atoms with van der Waals surface area (Å²) in [5.74, 6) is -0.822. The van der Waals surface area contributed by atoms with Crippen molar-refractivity contribution in [2.45, 2.75) is 120 Å². The van der Waals surface area contributed by atoms with Crippen molar-refractivity contribution in [2.75, 3.05) is 36.5 Å². The molecule has 4 aliphatic carbocycles. The quantitative estimate of drug-likeness (QED) is 0.0919. The number of benzene rings is 1. The van der Waals surface area contributed by atoms with E-state index in [2.05, 4.69) is 30.6 Å². The van der Waals surface area contributed by atoms with E-state index in [0.29, 0.717) is 61.3 Å². The second-order valence-electron chi connectivity index (χ2n) is 18.0. The fourth-order valence-electron chi connectivity index (χ4n) is 11.2. The molecule has 0 bridgehead atoms. The summed E-state index contributed by atoms with van der Waals surface area (Å²) in [5, 5.41) is 17.7. The van der Waals surface area contributed by atoms with Crippen molar-refractivity contribution < 1.29 is 28.6 Å². The van der Waals surface area contributed by atoms with Crippen molar-refractivity contribution >= 4 is 46.2 Å². The number of nitrogens with one attached hydrogen (secondary N) is 2. The number of hydrogen-bond acceptors (Lipinski definition) is 12. The lowest BCUT2D eigenvalue weighted by atomic mass is 9.48. The van der Waals surface area contributed by atoms with Gasteiger partial charge in [0.2, 0.25) is 5.95 Å². The first-order chi connectivity index (χ1) is 28.7. The third kappa shape index (κ3) is 7.00. The van der Waals surface area contributed by atoms with E-state index < -0.39 is 34.3 Å². The summed E-state index contributed by atoms with van der Waals surface area (Å²) in [6.45, 7) is 5.49. The number of rotatable bonds is 16. The molecule has 60 heavy (non-hydrogen) atoms. The van der Waals surface area contributed by atoms with Gasteiger partial charge in [-0.15, -0.1) is 0 Å². The minimum atomic E-state index is -1.92. The fraction of sp³-hybridized carbons (Fsp3) is 0.578. The lowest BCUT2D eigenvalue weighted by Crippen LogP contribution is -2.66. The van der Waals surface area contributed by atoms with Gasteiger partial charge in [0, 0.05) is 49.1 Å². The highest BCUT2D eigenvalue weighted by Crippen LogP contribution is 2.76. The van der Waals surface area contributed by atoms with Crippen LogP contribution in [-0.2, 0) is 20.9 Å². The van der Waals surface area contributed by atoms with Gasteiger partial charge in [-0.05, 0) is 87.3 Å². The number of aromatic nitrogens is 4. The number of nitrogens with two attached hydrogens (primary N) is 2. The van der Waals surface area contributed by atoms with Crippen LogP contribution in [0.5, 0.6) is 0 Å². The van der Waals surface area contributed by atoms with Crippen LogP contribution in [0.1, 0.15) is 107 Å². The second-order valence-corrected chi connectivity index (χ2v) is 18.0. The molecule has 0 radical (unpaired) electrons. The molecule has 3 heterocycles. The Kier molecular flexibility index (Phi) is 11.2. The Bertz CT molecular complexity index is 2220. The molecule has 5 aliphatic rings. The van der Waals surface area contributed by atoms with E-state index in [-0.39, 0.29) is 47.6 Å². The van der Waals surface area contributed by atoms with Gasteiger partial charge in [0.05, 0.1) is 24.5 Å². The van der Waals surface area contributed by atoms with Crippen LogP contribution in [-0.4, -0.2) is 85.8 Å². The molecule has 8 atom stereocenters. The SMILES string of the molecule is C[C@@H]1C[C@H]2C3CCC4=CC(=O)C=C[C@]4(C)[C@@]3(F)[C@@H](O)C[C@@]23O[C@]13C(=O)NCCCCCCCCCCNC(=O)c1ccc(N(C)Cc2cnc3nc(N)nc(N)c3n2)cc1. The van der Waals surface area contributed by atoms with Crippen molar-refractivity contribution in [1.82, 2.24) is 30.6 Å². The molecule has 1 aliphatic heterocycles. The molecule has 2 aromatic heterocycles. The average Bonchev–Trinajstić information content (AvgIpc) is 3.83. The summed E-state index contributed by atoms with van der Waals surface area (Å²) in [4.78, 5) is 57.5. The van der Waals surface area contributed by atoms with Crippen LogP contribution in [0.3, 0.4) is 0 Å². The Morgan fingerprint density at radius 3 is 2.38 bits per heavy atom. The molecule has 1 unspecified atom stereocenters. The van der Waals surface area contributed by atoms with Crippen LogP contribution in [0.2, 0.25) is 0 Å². The molecule has 8 rings (SSSR count). The van der Waals surface area contributed by atoms with Crippen molar-refractivity contribution in [3.05, 3.63) is 65.5 Å². The highest BCUT2D eigenvalue weighted by atomic mass is 19.1. The van der Waals surface area contributed by atoms with Crippen LogP contribution >= 0.6 is 0 Å². The lowest BCUT2D eigenvalue weighted by Gasteiger charge is -2.59. The predicted molar refractivity (Wildman–Crippen MR) is 226 cm³/mol. The summed E-state index contributed by atoms with van der Waals surface area (Å²) in [6.07, 6.45) is 15.1. The number of hydrogen-bond donors (Lipinski definition) is 5. The highest BCUT2D eigenvalue weighted by Gasteiger charge is 2.88. The molecule has 7 N–H and O–H groups in total. The number of amides is 2. The largest absolute Gasteiger partial charge is 0.390 e. The first-order valence-corrected chi connectivity index (χ1v) is 21.7. The number of halogens is 1. The molecule has 1 spiro atoms. The second kappa shape index (κ2) is 16.1. The third-order valence-electron chi connectivity index (χ3n) is 14.4. The smallest absolute Gasteiger partial charge is 0.255 e. The number of nitrogen functional groups attached to an aromatic ring is 2. The van der Waals surface area contributed by atoms with Crippen molar-refractivity contribution in [3.63, 3.8) is 0 Å². The monoisotopic (exact) mass is 823 g/mol. The first-order valence-electron chi connectivity index (χ1n) is 21.7. The molecule has 1 aromatic carbocycles. The number of fused-ring (bicyclic) bond motifs is 5. The predicted octanol–water partition coefficient (Wildman–Crippen LogP) is 5.31. The fourth-order valence-corrected chi connectivity index (χ4v) is 11.2. The van der Waals surface area contributed by atoms with E-state index in [4.69, 9.17) is 16.2 Å². The van der Waals surface area contributed by atoms with Crippen LogP contribution in [0, 0.1) is 23.2 Å². The average molecular weight is 824 g/mol. The highest BCUT2D eigenvalue weighted by molar-refractivity contribution is 6.01. The number of ether oxygens (including phenoxy) is 1. The lowest BCUT2D eigenvalue weighted by molar-refractivity contribution is -0.179. The molecule has 3 saturated carbocycles. The van der Waals surface area contributed by atoms with Gasteiger partial charge in [-0.2, -0.15) is 9.97 Å². The van der Waals surface area contributed by atoms with Crippen LogP contribution in [0.25, 0.3) is 11.2 Å². The third-order valence-corrected chi connectivity index (χ3v) is 14.4. The number of ketones is 1. The minimum absolute atomic E-state index is 0.0528. The Morgan fingerprint density at radius 2 is 1.67 bits per heavy atom. The molecular formula is C45H58FN9O5. The number of anilines is 3. The number of nitrogens with zero attached hydrogens (tertiary/aromatic N) is 5. The Labute approximate surface area is 350 Å². The zero-order chi connectivity index (χ0) is 42.5. The van der Waals surface area contributed by atoms with Gasteiger partial charge in [0.1, 0.15) is 5.60 Å². The first kappa shape index (κ1) is 41.7. The summed E-state index contributed by atoms with van der Waals surface area (Å²) < 4.78 is 23.8. The van der Waals surface area contributed by atoms with Gasteiger partial charge in [-0.1, -0.05) is 57.1 Å². The van der Waals surface area contributed by atoms with E-state index in [1.807, 2.05) is 50.1 Å². The Balaban J connectivity index is 0.694. The Hall–Kier alpha value is -5.02. The van der Waals surface area contributed by atoms with Crippen LogP contribution in [0.4, 0.5) is 21.8 Å². The molecular weight excluding hydrogens is 766 g/mol. The number of aliphatic hydroxyl groups excluding tert-OH is 1. The summed E-state index contributed by atoms with van der Waals surface area (Å²) in [5.41, 5.74) is 10.5. The summed E-state index contributed by atoms with van der Waals surface area (Å²) >= 11 is 0. The van der Waals surface area contributed by atoms with Crippen LogP contribution in [0.15, 0.2) is 54.3 Å². The van der Waals surface area contributed by atoms with Crippen LogP contribution < -0.4 is 27.0 Å². The standard InChI is InChI=1S/C45H58FN9O5/c1-27-22-34-33-17-14-29-23-32(56)18-19-42(29,2)44(33,46)35(57)24-43(34)45(27,60-43)40(59)50-21-11-9-7-5-4-6-8-10-20-49-39(58)28-12-15-31(16-13-28)55(3)26-30-25-51-38-36(52-30)37(47)53-41(48)54-38/h12-13,15-16,18-19,23,25,27,33-35,57H,4-11,14,17,20-22,24,26H2,1-3H3,(H,49,58)(H,50,59)(H4,47,48,51,53,54)/t27-,33?,34+,35+,42+,43-,44+,45+/m1/s1. The van der Waals surface area contributed by atoms with E-state index in [9.17, 15) is 19.5 Å². The molecule has 1 saturated heterocycles. The number of alkyl halides is 1. The van der Waals surface area contributed by atoms with Gasteiger partial charge in [0.25, 0.3) is 11.8 Å². The number of unbranched alkanes of at least 4 members (excludes halogenated alkanes) is 7.